The molecule has 1 aromatic rings. The quantitative estimate of drug-likeness (QED) is 0.509. The molecule has 0 saturated heterocycles. The van der Waals surface area contributed by atoms with E-state index in [-0.39, 0.29) is 11.8 Å². The van der Waals surface area contributed by atoms with Gasteiger partial charge in [0.05, 0.1) is 11.5 Å². The van der Waals surface area contributed by atoms with Crippen LogP contribution in [-0.2, 0) is 19.1 Å². The van der Waals surface area contributed by atoms with Crippen LogP contribution in [0.1, 0.15) is 37.0 Å². The largest absolute Gasteiger partial charge is 0.443 e. The highest BCUT2D eigenvalue weighted by molar-refractivity contribution is 5.89. The summed E-state index contributed by atoms with van der Waals surface area (Å²) in [6, 6.07) is 8.36. The number of rotatable bonds is 5. The summed E-state index contributed by atoms with van der Waals surface area (Å²) in [5.41, 5.74) is 2.25. The molecule has 1 fully saturated rings. The molecule has 0 bridgehead atoms. The summed E-state index contributed by atoms with van der Waals surface area (Å²) in [4.78, 5) is 39.5. The third kappa shape index (κ3) is 5.28. The predicted molar refractivity (Wildman–Crippen MR) is 78.9 cm³/mol. The van der Waals surface area contributed by atoms with Crippen molar-refractivity contribution >= 4 is 18.0 Å². The molecule has 1 amide bonds. The van der Waals surface area contributed by atoms with Crippen LogP contribution in [0.5, 0.6) is 0 Å². The molecule has 7 nitrogen and oxygen atoms in total. The molecule has 23 heavy (non-hydrogen) atoms. The van der Waals surface area contributed by atoms with Crippen LogP contribution < -0.4 is 5.48 Å². The second kappa shape index (κ2) is 7.62. The van der Waals surface area contributed by atoms with E-state index in [1.165, 1.54) is 0 Å². The molecular weight excluding hydrogens is 302 g/mol. The molecule has 1 aliphatic rings. The third-order valence-electron chi connectivity index (χ3n) is 3.15. The third-order valence-corrected chi connectivity index (χ3v) is 3.15. The minimum absolute atomic E-state index is 0.146. The number of hydrogen-bond donors (Lipinski definition) is 1. The van der Waals surface area contributed by atoms with E-state index in [0.717, 1.165) is 12.8 Å². The maximum Gasteiger partial charge on any atom is 0.443 e. The molecule has 7 heteroatoms. The number of hydroxylamine groups is 1. The molecule has 1 aromatic carbocycles. The summed E-state index contributed by atoms with van der Waals surface area (Å²) < 4.78 is 10.2. The monoisotopic (exact) mass is 321 g/mol. The number of ether oxygens (including phenoxy) is 2. The fourth-order valence-electron chi connectivity index (χ4n) is 1.67. The van der Waals surface area contributed by atoms with E-state index >= 15 is 0 Å². The predicted octanol–water partition coefficient (Wildman–Crippen LogP) is 2.42. The van der Waals surface area contributed by atoms with Crippen LogP contribution in [0, 0.1) is 11.8 Å². The first kappa shape index (κ1) is 16.8. The highest BCUT2D eigenvalue weighted by Gasteiger charge is 2.32. The lowest BCUT2D eigenvalue weighted by Crippen LogP contribution is -2.36. The Labute approximate surface area is 133 Å². The number of amides is 1. The van der Waals surface area contributed by atoms with Crippen molar-refractivity contribution in [3.63, 3.8) is 0 Å². The van der Waals surface area contributed by atoms with Crippen LogP contribution in [0.2, 0.25) is 0 Å². The molecule has 1 aliphatic carbocycles. The van der Waals surface area contributed by atoms with Crippen molar-refractivity contribution in [1.29, 1.82) is 0 Å². The number of carbonyl (C=O) groups is 3. The van der Waals surface area contributed by atoms with Crippen LogP contribution in [0.4, 0.5) is 4.79 Å². The van der Waals surface area contributed by atoms with Crippen molar-refractivity contribution in [2.75, 3.05) is 0 Å². The fraction of sp³-hybridized carbons (Fsp3) is 0.438. The van der Waals surface area contributed by atoms with Gasteiger partial charge in [-0.3, -0.25) is 0 Å². The van der Waals surface area contributed by atoms with Crippen LogP contribution in [0.25, 0.3) is 0 Å². The Kier molecular flexibility index (Phi) is 5.56. The number of carbonyl (C=O) groups excluding carboxylic acids is 3. The Hall–Kier alpha value is -2.57. The number of benzene rings is 1. The summed E-state index contributed by atoms with van der Waals surface area (Å²) in [7, 11) is 0. The Bertz CT molecular complexity index is 567. The van der Waals surface area contributed by atoms with E-state index in [2.05, 4.69) is 4.84 Å². The Morgan fingerprint density at radius 1 is 1.09 bits per heavy atom. The van der Waals surface area contributed by atoms with Crippen molar-refractivity contribution in [2.24, 2.45) is 11.8 Å². The maximum absolute atomic E-state index is 12.0. The first-order chi connectivity index (χ1) is 11.0. The van der Waals surface area contributed by atoms with E-state index in [4.69, 9.17) is 9.47 Å². The Balaban J connectivity index is 1.84. The first-order valence-corrected chi connectivity index (χ1v) is 7.40. The van der Waals surface area contributed by atoms with E-state index in [1.54, 1.807) is 44.2 Å². The zero-order valence-corrected chi connectivity index (χ0v) is 13.0. The van der Waals surface area contributed by atoms with E-state index < -0.39 is 24.3 Å². The molecule has 1 saturated carbocycles. The normalized spacial score (nSPS) is 14.7. The first-order valence-electron chi connectivity index (χ1n) is 7.40. The van der Waals surface area contributed by atoms with Gasteiger partial charge in [0, 0.05) is 5.92 Å². The highest BCUT2D eigenvalue weighted by atomic mass is 16.8. The molecule has 2 rings (SSSR count). The molecule has 1 atom stereocenters. The summed E-state index contributed by atoms with van der Waals surface area (Å²) in [6.45, 7) is 3.46. The molecular formula is C16H19NO6. The molecule has 1 N–H and O–H groups in total. The van der Waals surface area contributed by atoms with Gasteiger partial charge in [-0.2, -0.15) is 0 Å². The zero-order chi connectivity index (χ0) is 16.8. The maximum atomic E-state index is 12.0. The molecule has 0 radical (unpaired) electrons. The fourth-order valence-corrected chi connectivity index (χ4v) is 1.67. The Morgan fingerprint density at radius 3 is 2.30 bits per heavy atom. The topological polar surface area (TPSA) is 90.9 Å². The van der Waals surface area contributed by atoms with Gasteiger partial charge in [-0.1, -0.05) is 32.0 Å². The van der Waals surface area contributed by atoms with Crippen LogP contribution in [-0.4, -0.2) is 24.3 Å². The summed E-state index contributed by atoms with van der Waals surface area (Å²) in [5.74, 6) is -1.52. The molecule has 0 aliphatic heterocycles. The number of hydrogen-bond acceptors (Lipinski definition) is 6. The molecule has 0 aromatic heterocycles. The molecule has 1 unspecified atom stereocenters. The lowest BCUT2D eigenvalue weighted by molar-refractivity contribution is -0.154. The standard InChI is InChI=1S/C16H19NO6/c1-10(2)15(21-13(18)11-6-4-3-5-7-11)22-16(20)17-23-14(19)12-8-9-12/h3-7,10,12,15H,8-9H2,1-2H3,(H,17,20). The van der Waals surface area contributed by atoms with Crippen LogP contribution >= 0.6 is 0 Å². The van der Waals surface area contributed by atoms with Gasteiger partial charge in [-0.05, 0) is 25.0 Å². The number of esters is 1. The van der Waals surface area contributed by atoms with Crippen LogP contribution in [0.15, 0.2) is 30.3 Å². The van der Waals surface area contributed by atoms with Crippen molar-refractivity contribution in [3.05, 3.63) is 35.9 Å². The average Bonchev–Trinajstić information content (AvgIpc) is 3.37. The second-order valence-electron chi connectivity index (χ2n) is 5.59. The van der Waals surface area contributed by atoms with Gasteiger partial charge in [-0.25, -0.2) is 14.4 Å². The average molecular weight is 321 g/mol. The van der Waals surface area contributed by atoms with E-state index in [0.29, 0.717) is 5.56 Å². The summed E-state index contributed by atoms with van der Waals surface area (Å²) in [6.07, 6.45) is -0.557. The van der Waals surface area contributed by atoms with Crippen LogP contribution in [0.3, 0.4) is 0 Å². The highest BCUT2D eigenvalue weighted by Crippen LogP contribution is 2.29. The molecule has 124 valence electrons. The second-order valence-corrected chi connectivity index (χ2v) is 5.59. The van der Waals surface area contributed by atoms with Gasteiger partial charge < -0.3 is 14.3 Å². The lowest BCUT2D eigenvalue weighted by atomic mass is 10.2. The zero-order valence-electron chi connectivity index (χ0n) is 13.0. The molecule has 0 spiro atoms. The van der Waals surface area contributed by atoms with Gasteiger partial charge in [0.2, 0.25) is 0 Å². The van der Waals surface area contributed by atoms with Gasteiger partial charge in [0.1, 0.15) is 0 Å². The minimum atomic E-state index is -1.10. The van der Waals surface area contributed by atoms with Crippen molar-refractivity contribution in [3.8, 4) is 0 Å². The summed E-state index contributed by atoms with van der Waals surface area (Å²) >= 11 is 0. The van der Waals surface area contributed by atoms with E-state index in [9.17, 15) is 14.4 Å². The summed E-state index contributed by atoms with van der Waals surface area (Å²) in [5, 5.41) is 0. The van der Waals surface area contributed by atoms with Gasteiger partial charge in [-0.15, -0.1) is 5.48 Å². The van der Waals surface area contributed by atoms with Crippen molar-refractivity contribution in [1.82, 2.24) is 5.48 Å². The SMILES string of the molecule is CC(C)C(OC(=O)NOC(=O)C1CC1)OC(=O)c1ccccc1. The van der Waals surface area contributed by atoms with Crippen molar-refractivity contribution < 1.29 is 28.7 Å². The van der Waals surface area contributed by atoms with E-state index in [1.807, 2.05) is 5.48 Å². The lowest BCUT2D eigenvalue weighted by Gasteiger charge is -2.21. The molecule has 0 heterocycles. The van der Waals surface area contributed by atoms with Crippen molar-refractivity contribution in [2.45, 2.75) is 33.0 Å². The Morgan fingerprint density at radius 2 is 1.74 bits per heavy atom. The smallest absolute Gasteiger partial charge is 0.421 e. The minimum Gasteiger partial charge on any atom is -0.421 e. The number of nitrogens with one attached hydrogen (secondary N) is 1. The van der Waals surface area contributed by atoms with Gasteiger partial charge >= 0.3 is 18.0 Å². The van der Waals surface area contributed by atoms with Gasteiger partial charge in [0.15, 0.2) is 0 Å². The van der Waals surface area contributed by atoms with Gasteiger partial charge in [0.25, 0.3) is 6.29 Å².